The summed E-state index contributed by atoms with van der Waals surface area (Å²) in [5, 5.41) is 0. The van der Waals surface area contributed by atoms with Gasteiger partial charge in [0.2, 0.25) is 0 Å². The van der Waals surface area contributed by atoms with Gasteiger partial charge in [-0.3, -0.25) is 10.5 Å². The lowest BCUT2D eigenvalue weighted by atomic mass is 10.1. The van der Waals surface area contributed by atoms with Crippen molar-refractivity contribution in [2.24, 2.45) is 5.73 Å². The van der Waals surface area contributed by atoms with Crippen LogP contribution in [0.2, 0.25) is 0 Å². The maximum Gasteiger partial charge on any atom is 0.304 e. The minimum absolute atomic E-state index is 0.314. The van der Waals surface area contributed by atoms with Crippen LogP contribution in [0, 0.1) is 0 Å². The minimum Gasteiger partial charge on any atom is -0.445 e. The summed E-state index contributed by atoms with van der Waals surface area (Å²) < 4.78 is 4.88. The number of unbranched alkanes of at least 4 members (excludes halogenated alkanes) is 1. The molecule has 0 saturated carbocycles. The van der Waals surface area contributed by atoms with E-state index in [4.69, 9.17) is 10.5 Å². The molecule has 0 aromatic rings. The highest BCUT2D eigenvalue weighted by Gasteiger charge is 2.20. The van der Waals surface area contributed by atoms with Crippen LogP contribution in [0.15, 0.2) is 0 Å². The summed E-state index contributed by atoms with van der Waals surface area (Å²) in [6.45, 7) is 5.17. The van der Waals surface area contributed by atoms with Gasteiger partial charge in [0.1, 0.15) is 0 Å². The fraction of sp³-hybridized carbons (Fsp3) is 0.875. The zero-order chi connectivity index (χ0) is 8.91. The maximum atomic E-state index is 10.5. The van der Waals surface area contributed by atoms with Gasteiger partial charge in [0, 0.05) is 13.3 Å². The fourth-order valence-corrected chi connectivity index (χ4v) is 0.907. The third-order valence-corrected chi connectivity index (χ3v) is 1.40. The quantitative estimate of drug-likeness (QED) is 0.498. The van der Waals surface area contributed by atoms with E-state index in [9.17, 15) is 4.79 Å². The zero-order valence-electron chi connectivity index (χ0n) is 7.52. The molecule has 0 bridgehead atoms. The van der Waals surface area contributed by atoms with Crippen molar-refractivity contribution < 1.29 is 9.53 Å². The second-order valence-electron chi connectivity index (χ2n) is 3.01. The molecule has 0 aromatic carbocycles. The number of carbonyl (C=O) groups excluding carboxylic acids is 1. The van der Waals surface area contributed by atoms with Crippen LogP contribution < -0.4 is 5.73 Å². The summed E-state index contributed by atoms with van der Waals surface area (Å²) >= 11 is 0. The molecule has 0 fully saturated rings. The molecule has 0 aliphatic heterocycles. The number of ether oxygens (including phenoxy) is 1. The number of rotatable bonds is 4. The Morgan fingerprint density at radius 3 is 2.55 bits per heavy atom. The molecule has 3 heteroatoms. The Balaban J connectivity index is 3.70. The molecule has 0 heterocycles. The van der Waals surface area contributed by atoms with E-state index in [0.717, 1.165) is 19.3 Å². The SMILES string of the molecule is CCCCC(C)(N)OC(C)=O. The van der Waals surface area contributed by atoms with Crippen LogP contribution in [-0.2, 0) is 9.53 Å². The Kier molecular flexibility index (Phi) is 4.11. The van der Waals surface area contributed by atoms with Crippen molar-refractivity contribution in [3.8, 4) is 0 Å². The third kappa shape index (κ3) is 5.85. The molecule has 0 saturated heterocycles. The standard InChI is InChI=1S/C8H17NO2/c1-4-5-6-8(3,9)11-7(2)10/h4-6,9H2,1-3H3. The summed E-state index contributed by atoms with van der Waals surface area (Å²) in [6.07, 6.45) is 2.78. The van der Waals surface area contributed by atoms with Crippen LogP contribution >= 0.6 is 0 Å². The van der Waals surface area contributed by atoms with Gasteiger partial charge in [0.25, 0.3) is 0 Å². The predicted molar refractivity (Wildman–Crippen MR) is 43.9 cm³/mol. The molecule has 0 aliphatic rings. The molecule has 11 heavy (non-hydrogen) atoms. The first-order valence-corrected chi connectivity index (χ1v) is 3.96. The monoisotopic (exact) mass is 159 g/mol. The first-order valence-electron chi connectivity index (χ1n) is 3.96. The zero-order valence-corrected chi connectivity index (χ0v) is 7.52. The van der Waals surface area contributed by atoms with Crippen molar-refractivity contribution >= 4 is 5.97 Å². The van der Waals surface area contributed by atoms with E-state index >= 15 is 0 Å². The van der Waals surface area contributed by atoms with Crippen molar-refractivity contribution in [2.45, 2.75) is 45.8 Å². The normalized spacial score (nSPS) is 15.6. The van der Waals surface area contributed by atoms with E-state index in [1.54, 1.807) is 6.92 Å². The number of esters is 1. The molecule has 0 aromatic heterocycles. The number of nitrogens with two attached hydrogens (primary N) is 1. The molecular weight excluding hydrogens is 142 g/mol. The van der Waals surface area contributed by atoms with E-state index in [-0.39, 0.29) is 5.97 Å². The van der Waals surface area contributed by atoms with Gasteiger partial charge in [-0.05, 0) is 13.3 Å². The lowest BCUT2D eigenvalue weighted by Gasteiger charge is -2.23. The van der Waals surface area contributed by atoms with Gasteiger partial charge in [-0.1, -0.05) is 13.3 Å². The molecule has 2 N–H and O–H groups in total. The highest BCUT2D eigenvalue weighted by atomic mass is 16.6. The summed E-state index contributed by atoms with van der Waals surface area (Å²) in [5.41, 5.74) is 4.88. The molecule has 0 spiro atoms. The fourth-order valence-electron chi connectivity index (χ4n) is 0.907. The van der Waals surface area contributed by atoms with Crippen molar-refractivity contribution in [3.05, 3.63) is 0 Å². The van der Waals surface area contributed by atoms with Crippen LogP contribution in [0.5, 0.6) is 0 Å². The van der Waals surface area contributed by atoms with Crippen molar-refractivity contribution in [2.75, 3.05) is 0 Å². The van der Waals surface area contributed by atoms with Crippen molar-refractivity contribution in [3.63, 3.8) is 0 Å². The average molecular weight is 159 g/mol. The van der Waals surface area contributed by atoms with Gasteiger partial charge >= 0.3 is 5.97 Å². The Labute approximate surface area is 67.9 Å². The molecular formula is C8H17NO2. The van der Waals surface area contributed by atoms with Crippen molar-refractivity contribution in [1.29, 1.82) is 0 Å². The largest absolute Gasteiger partial charge is 0.445 e. The Morgan fingerprint density at radius 1 is 1.64 bits per heavy atom. The van der Waals surface area contributed by atoms with Crippen molar-refractivity contribution in [1.82, 2.24) is 0 Å². The van der Waals surface area contributed by atoms with E-state index in [2.05, 4.69) is 6.92 Å². The average Bonchev–Trinajstić information content (AvgIpc) is 1.81. The maximum absolute atomic E-state index is 10.5. The lowest BCUT2D eigenvalue weighted by Crippen LogP contribution is -2.40. The summed E-state index contributed by atoms with van der Waals surface area (Å²) in [7, 11) is 0. The highest BCUT2D eigenvalue weighted by Crippen LogP contribution is 2.11. The van der Waals surface area contributed by atoms with Crippen LogP contribution in [0.3, 0.4) is 0 Å². The number of hydrogen-bond acceptors (Lipinski definition) is 3. The van der Waals surface area contributed by atoms with E-state index < -0.39 is 5.72 Å². The van der Waals surface area contributed by atoms with Gasteiger partial charge in [-0.25, -0.2) is 0 Å². The Morgan fingerprint density at radius 2 is 2.18 bits per heavy atom. The second kappa shape index (κ2) is 4.34. The Bertz CT molecular complexity index is 132. The predicted octanol–water partition coefficient (Wildman–Crippen LogP) is 1.41. The van der Waals surface area contributed by atoms with E-state index in [1.165, 1.54) is 6.92 Å². The number of hydrogen-bond donors (Lipinski definition) is 1. The summed E-state index contributed by atoms with van der Waals surface area (Å²) in [6, 6.07) is 0. The smallest absolute Gasteiger partial charge is 0.304 e. The van der Waals surface area contributed by atoms with Crippen LogP contribution in [-0.4, -0.2) is 11.7 Å². The summed E-state index contributed by atoms with van der Waals surface area (Å²) in [4.78, 5) is 10.5. The van der Waals surface area contributed by atoms with Crippen LogP contribution in [0.1, 0.15) is 40.0 Å². The first kappa shape index (κ1) is 10.4. The highest BCUT2D eigenvalue weighted by molar-refractivity contribution is 5.66. The van der Waals surface area contributed by atoms with E-state index in [1.807, 2.05) is 0 Å². The van der Waals surface area contributed by atoms with Gasteiger partial charge in [-0.15, -0.1) is 0 Å². The molecule has 1 atom stereocenters. The molecule has 66 valence electrons. The molecule has 0 rings (SSSR count). The molecule has 1 unspecified atom stereocenters. The Hall–Kier alpha value is -0.570. The number of carbonyl (C=O) groups is 1. The molecule has 0 radical (unpaired) electrons. The minimum atomic E-state index is -0.776. The van der Waals surface area contributed by atoms with E-state index in [0.29, 0.717) is 0 Å². The first-order chi connectivity index (χ1) is 4.98. The molecule has 3 nitrogen and oxygen atoms in total. The molecule has 0 amide bonds. The second-order valence-corrected chi connectivity index (χ2v) is 3.01. The van der Waals surface area contributed by atoms with Gasteiger partial charge in [-0.2, -0.15) is 0 Å². The lowest BCUT2D eigenvalue weighted by molar-refractivity contribution is -0.155. The van der Waals surface area contributed by atoms with Crippen LogP contribution in [0.25, 0.3) is 0 Å². The topological polar surface area (TPSA) is 52.3 Å². The van der Waals surface area contributed by atoms with Gasteiger partial charge < -0.3 is 4.74 Å². The van der Waals surface area contributed by atoms with Gasteiger partial charge in [0.15, 0.2) is 5.72 Å². The van der Waals surface area contributed by atoms with Gasteiger partial charge in [0.05, 0.1) is 0 Å². The summed E-state index contributed by atoms with van der Waals surface area (Å²) in [5.74, 6) is -0.314. The van der Waals surface area contributed by atoms with Crippen LogP contribution in [0.4, 0.5) is 0 Å². The third-order valence-electron chi connectivity index (χ3n) is 1.40. The molecule has 0 aliphatic carbocycles.